The maximum Gasteiger partial charge on any atom is 0.0830 e. The molecule has 1 N–H and O–H groups in total. The Labute approximate surface area is 117 Å². The molecule has 4 fully saturated rings. The Morgan fingerprint density at radius 2 is 1.47 bits per heavy atom. The van der Waals surface area contributed by atoms with Crippen molar-refractivity contribution >= 4 is 0 Å². The van der Waals surface area contributed by atoms with E-state index >= 15 is 0 Å². The summed E-state index contributed by atoms with van der Waals surface area (Å²) < 4.78 is 5.90. The second-order valence-corrected chi connectivity index (χ2v) is 8.08. The van der Waals surface area contributed by atoms with Gasteiger partial charge in [0, 0.05) is 0 Å². The van der Waals surface area contributed by atoms with Crippen molar-refractivity contribution in [2.45, 2.75) is 71.5 Å². The predicted octanol–water partition coefficient (Wildman–Crippen LogP) is 3.62. The van der Waals surface area contributed by atoms with E-state index in [1.807, 2.05) is 0 Å². The van der Waals surface area contributed by atoms with E-state index in [1.54, 1.807) is 0 Å². The van der Waals surface area contributed by atoms with E-state index < -0.39 is 0 Å². The van der Waals surface area contributed by atoms with Gasteiger partial charge >= 0.3 is 0 Å². The molecule has 0 amide bonds. The first-order valence-electron chi connectivity index (χ1n) is 8.28. The first kappa shape index (κ1) is 13.9. The molecule has 0 aromatic rings. The lowest BCUT2D eigenvalue weighted by Gasteiger charge is -2.58. The Morgan fingerprint density at radius 3 is 1.89 bits per heavy atom. The summed E-state index contributed by atoms with van der Waals surface area (Å²) in [6, 6.07) is 0. The zero-order valence-electron chi connectivity index (χ0n) is 12.8. The zero-order valence-corrected chi connectivity index (χ0v) is 12.8. The number of aliphatic hydroxyl groups excluding tert-OH is 1. The third kappa shape index (κ3) is 2.58. The largest absolute Gasteiger partial charge is 0.390 e. The Hall–Kier alpha value is -0.0800. The van der Waals surface area contributed by atoms with Crippen molar-refractivity contribution in [3.8, 4) is 0 Å². The highest BCUT2D eigenvalue weighted by Crippen LogP contribution is 2.61. The van der Waals surface area contributed by atoms with Crippen LogP contribution in [-0.4, -0.2) is 23.9 Å². The van der Waals surface area contributed by atoms with Crippen LogP contribution in [0.2, 0.25) is 0 Å². The molecule has 4 aliphatic carbocycles. The maximum absolute atomic E-state index is 10.7. The van der Waals surface area contributed by atoms with Gasteiger partial charge in [-0.1, -0.05) is 13.8 Å². The van der Waals surface area contributed by atoms with Crippen molar-refractivity contribution in [2.24, 2.45) is 29.1 Å². The molecule has 110 valence electrons. The fourth-order valence-corrected chi connectivity index (χ4v) is 5.20. The summed E-state index contributed by atoms with van der Waals surface area (Å²) in [5, 5.41) is 10.7. The van der Waals surface area contributed by atoms with Crippen LogP contribution in [0.15, 0.2) is 0 Å². The normalized spacial score (nSPS) is 43.7. The molecule has 4 aliphatic rings. The molecule has 4 rings (SSSR count). The Balaban J connectivity index is 1.61. The SMILES string of the molecule is CC(C)C(C)OCC(O)C12CC3CC(CC(C3)C1)C2. The van der Waals surface area contributed by atoms with Crippen LogP contribution in [0.5, 0.6) is 0 Å². The maximum atomic E-state index is 10.7. The van der Waals surface area contributed by atoms with Gasteiger partial charge in [0.15, 0.2) is 0 Å². The highest BCUT2D eigenvalue weighted by molar-refractivity contribution is 5.04. The summed E-state index contributed by atoms with van der Waals surface area (Å²) in [6.45, 7) is 7.03. The second-order valence-electron chi connectivity index (χ2n) is 8.08. The molecule has 0 aliphatic heterocycles. The quantitative estimate of drug-likeness (QED) is 0.823. The molecular weight excluding hydrogens is 236 g/mol. The summed E-state index contributed by atoms with van der Waals surface area (Å²) in [5.41, 5.74) is 0.214. The van der Waals surface area contributed by atoms with Gasteiger partial charge in [0.25, 0.3) is 0 Å². The van der Waals surface area contributed by atoms with E-state index in [1.165, 1.54) is 38.5 Å². The summed E-state index contributed by atoms with van der Waals surface area (Å²) >= 11 is 0. The zero-order chi connectivity index (χ0) is 13.6. The fourth-order valence-electron chi connectivity index (χ4n) is 5.20. The van der Waals surface area contributed by atoms with Crippen LogP contribution in [0.4, 0.5) is 0 Å². The Bertz CT molecular complexity index is 288. The van der Waals surface area contributed by atoms with Crippen LogP contribution in [0.1, 0.15) is 59.3 Å². The topological polar surface area (TPSA) is 29.5 Å². The van der Waals surface area contributed by atoms with Crippen LogP contribution >= 0.6 is 0 Å². The number of ether oxygens (including phenoxy) is 1. The first-order chi connectivity index (χ1) is 8.98. The highest BCUT2D eigenvalue weighted by Gasteiger charge is 2.53. The molecule has 0 radical (unpaired) electrons. The van der Waals surface area contributed by atoms with Gasteiger partial charge in [-0.15, -0.1) is 0 Å². The van der Waals surface area contributed by atoms with Gasteiger partial charge < -0.3 is 9.84 Å². The highest BCUT2D eigenvalue weighted by atomic mass is 16.5. The molecule has 19 heavy (non-hydrogen) atoms. The molecule has 0 spiro atoms. The third-order valence-corrected chi connectivity index (χ3v) is 6.25. The molecular formula is C17H30O2. The number of aliphatic hydroxyl groups is 1. The summed E-state index contributed by atoms with van der Waals surface area (Å²) in [6.07, 6.45) is 8.13. The van der Waals surface area contributed by atoms with E-state index in [-0.39, 0.29) is 17.6 Å². The molecule has 0 aromatic heterocycles. The molecule has 0 heterocycles. The van der Waals surface area contributed by atoms with Crippen molar-refractivity contribution in [3.05, 3.63) is 0 Å². The molecule has 2 heteroatoms. The molecule has 4 bridgehead atoms. The lowest BCUT2D eigenvalue weighted by Crippen LogP contribution is -2.53. The lowest BCUT2D eigenvalue weighted by atomic mass is 9.48. The van der Waals surface area contributed by atoms with Gasteiger partial charge in [-0.05, 0) is 74.5 Å². The van der Waals surface area contributed by atoms with Gasteiger partial charge in [0.1, 0.15) is 0 Å². The molecule has 0 saturated heterocycles. The van der Waals surface area contributed by atoms with Crippen molar-refractivity contribution in [1.29, 1.82) is 0 Å². The second kappa shape index (κ2) is 5.04. The third-order valence-electron chi connectivity index (χ3n) is 6.25. The van der Waals surface area contributed by atoms with Gasteiger partial charge in [-0.2, -0.15) is 0 Å². The number of hydrogen-bond acceptors (Lipinski definition) is 2. The minimum absolute atomic E-state index is 0.214. The molecule has 0 aromatic carbocycles. The lowest BCUT2D eigenvalue weighted by molar-refractivity contribution is -0.148. The number of hydrogen-bond donors (Lipinski definition) is 1. The van der Waals surface area contributed by atoms with Crippen molar-refractivity contribution in [2.75, 3.05) is 6.61 Å². The van der Waals surface area contributed by atoms with Crippen molar-refractivity contribution in [3.63, 3.8) is 0 Å². The average molecular weight is 266 g/mol. The molecule has 4 saturated carbocycles. The minimum Gasteiger partial charge on any atom is -0.390 e. The van der Waals surface area contributed by atoms with Crippen LogP contribution in [-0.2, 0) is 4.74 Å². The van der Waals surface area contributed by atoms with Gasteiger partial charge in [0.05, 0.1) is 18.8 Å². The van der Waals surface area contributed by atoms with Gasteiger partial charge in [-0.3, -0.25) is 0 Å². The first-order valence-corrected chi connectivity index (χ1v) is 8.28. The van der Waals surface area contributed by atoms with E-state index in [9.17, 15) is 5.11 Å². The summed E-state index contributed by atoms with van der Waals surface area (Å²) in [7, 11) is 0. The smallest absolute Gasteiger partial charge is 0.0830 e. The summed E-state index contributed by atoms with van der Waals surface area (Å²) in [5.74, 6) is 3.25. The van der Waals surface area contributed by atoms with E-state index in [2.05, 4.69) is 20.8 Å². The van der Waals surface area contributed by atoms with Crippen LogP contribution < -0.4 is 0 Å². The molecule has 2 nitrogen and oxygen atoms in total. The van der Waals surface area contributed by atoms with Gasteiger partial charge in [-0.25, -0.2) is 0 Å². The average Bonchev–Trinajstić information content (AvgIpc) is 2.33. The monoisotopic (exact) mass is 266 g/mol. The number of rotatable bonds is 5. The Morgan fingerprint density at radius 1 is 1.00 bits per heavy atom. The van der Waals surface area contributed by atoms with E-state index in [0.29, 0.717) is 12.5 Å². The fraction of sp³-hybridized carbons (Fsp3) is 1.00. The molecule has 2 unspecified atom stereocenters. The van der Waals surface area contributed by atoms with E-state index in [4.69, 9.17) is 4.74 Å². The van der Waals surface area contributed by atoms with Crippen molar-refractivity contribution < 1.29 is 9.84 Å². The van der Waals surface area contributed by atoms with E-state index in [0.717, 1.165) is 17.8 Å². The standard InChI is InChI=1S/C17H30O2/c1-11(2)12(3)19-10-16(18)17-7-13-4-14(8-17)6-15(5-13)9-17/h11-16,18H,4-10H2,1-3H3. The van der Waals surface area contributed by atoms with Crippen LogP contribution in [0.25, 0.3) is 0 Å². The van der Waals surface area contributed by atoms with Crippen LogP contribution in [0, 0.1) is 29.1 Å². The minimum atomic E-state index is -0.234. The van der Waals surface area contributed by atoms with Crippen LogP contribution in [0.3, 0.4) is 0 Å². The summed E-state index contributed by atoms with van der Waals surface area (Å²) in [4.78, 5) is 0. The van der Waals surface area contributed by atoms with Gasteiger partial charge in [0.2, 0.25) is 0 Å². The predicted molar refractivity (Wildman–Crippen MR) is 76.9 cm³/mol. The molecule has 2 atom stereocenters. The Kier molecular flexibility index (Phi) is 3.68. The van der Waals surface area contributed by atoms with Crippen molar-refractivity contribution in [1.82, 2.24) is 0 Å².